The van der Waals surface area contributed by atoms with Crippen LogP contribution in [-0.2, 0) is 6.54 Å². The largest absolute Gasteiger partial charge is 0.370 e. The van der Waals surface area contributed by atoms with E-state index in [1.807, 2.05) is 12.1 Å². The zero-order valence-electron chi connectivity index (χ0n) is 15.0. The van der Waals surface area contributed by atoms with Gasteiger partial charge in [-0.2, -0.15) is 0 Å². The Balaban J connectivity index is 1.42. The van der Waals surface area contributed by atoms with E-state index in [1.54, 1.807) is 11.3 Å². The maximum Gasteiger partial charge on any atom is 0.193 e. The molecule has 0 atom stereocenters. The summed E-state index contributed by atoms with van der Waals surface area (Å²) in [6.07, 6.45) is 2.34. The highest BCUT2D eigenvalue weighted by molar-refractivity contribution is 7.09. The topological polar surface area (TPSA) is 66.5 Å². The van der Waals surface area contributed by atoms with Gasteiger partial charge in [-0.3, -0.25) is 9.89 Å². The minimum atomic E-state index is 0.506. The van der Waals surface area contributed by atoms with E-state index in [9.17, 15) is 0 Å². The van der Waals surface area contributed by atoms with Crippen LogP contribution in [0.4, 0.5) is 5.69 Å². The Kier molecular flexibility index (Phi) is 6.04. The quantitative estimate of drug-likeness (QED) is 0.636. The van der Waals surface area contributed by atoms with Crippen LogP contribution in [0.3, 0.4) is 0 Å². The molecule has 134 valence electrons. The van der Waals surface area contributed by atoms with Crippen molar-refractivity contribution in [3.63, 3.8) is 0 Å². The summed E-state index contributed by atoms with van der Waals surface area (Å²) < 4.78 is 0. The van der Waals surface area contributed by atoms with E-state index in [0.29, 0.717) is 11.9 Å². The summed E-state index contributed by atoms with van der Waals surface area (Å²) in [5, 5.41) is 6.50. The van der Waals surface area contributed by atoms with Gasteiger partial charge in [-0.1, -0.05) is 12.1 Å². The van der Waals surface area contributed by atoms with Crippen LogP contribution in [0.1, 0.15) is 29.1 Å². The molecule has 2 aromatic rings. The minimum absolute atomic E-state index is 0.506. The van der Waals surface area contributed by atoms with Crippen molar-refractivity contribution >= 4 is 23.0 Å². The summed E-state index contributed by atoms with van der Waals surface area (Å²) in [7, 11) is 0. The fourth-order valence-corrected chi connectivity index (χ4v) is 3.78. The molecule has 0 unspecified atom stereocenters. The van der Waals surface area contributed by atoms with Gasteiger partial charge in [0, 0.05) is 24.2 Å². The molecular weight excluding hydrogens is 330 g/mol. The van der Waals surface area contributed by atoms with Crippen molar-refractivity contribution in [3.05, 3.63) is 45.9 Å². The van der Waals surface area contributed by atoms with Gasteiger partial charge in [-0.15, -0.1) is 11.3 Å². The van der Waals surface area contributed by atoms with Crippen molar-refractivity contribution in [2.24, 2.45) is 16.6 Å². The number of thiazole rings is 1. The van der Waals surface area contributed by atoms with Crippen LogP contribution in [0.2, 0.25) is 0 Å². The van der Waals surface area contributed by atoms with Gasteiger partial charge in [-0.05, 0) is 63.4 Å². The molecule has 0 aliphatic carbocycles. The molecule has 3 N–H and O–H groups in total. The molecule has 0 bridgehead atoms. The number of hydrogen-bond donors (Lipinski definition) is 2. The SMILES string of the molecule is Cc1cccc(NC(N)=NCC2CCN(Cc3csc(C)n3)CC2)c1. The van der Waals surface area contributed by atoms with Crippen LogP contribution in [-0.4, -0.2) is 35.5 Å². The van der Waals surface area contributed by atoms with Gasteiger partial charge in [0.2, 0.25) is 0 Å². The molecule has 1 saturated heterocycles. The number of rotatable bonds is 5. The Morgan fingerprint density at radius 1 is 1.36 bits per heavy atom. The molecule has 1 aromatic heterocycles. The summed E-state index contributed by atoms with van der Waals surface area (Å²) in [6, 6.07) is 8.17. The summed E-state index contributed by atoms with van der Waals surface area (Å²) in [6.45, 7) is 8.13. The smallest absolute Gasteiger partial charge is 0.193 e. The van der Waals surface area contributed by atoms with Gasteiger partial charge in [-0.25, -0.2) is 4.98 Å². The van der Waals surface area contributed by atoms with Crippen molar-refractivity contribution in [2.75, 3.05) is 25.0 Å². The number of aromatic nitrogens is 1. The zero-order valence-corrected chi connectivity index (χ0v) is 15.9. The number of likely N-dealkylation sites (tertiary alicyclic amines) is 1. The number of guanidine groups is 1. The molecule has 2 heterocycles. The lowest BCUT2D eigenvalue weighted by Crippen LogP contribution is -2.34. The van der Waals surface area contributed by atoms with Gasteiger partial charge < -0.3 is 11.1 Å². The van der Waals surface area contributed by atoms with E-state index in [-0.39, 0.29) is 0 Å². The second kappa shape index (κ2) is 8.45. The normalized spacial score (nSPS) is 17.0. The Morgan fingerprint density at radius 3 is 2.84 bits per heavy atom. The van der Waals surface area contributed by atoms with Gasteiger partial charge in [0.15, 0.2) is 5.96 Å². The number of piperidine rings is 1. The average molecular weight is 358 g/mol. The van der Waals surface area contributed by atoms with Gasteiger partial charge >= 0.3 is 0 Å². The third kappa shape index (κ3) is 5.54. The highest BCUT2D eigenvalue weighted by Crippen LogP contribution is 2.20. The van der Waals surface area contributed by atoms with Crippen molar-refractivity contribution in [1.82, 2.24) is 9.88 Å². The first-order chi connectivity index (χ1) is 12.1. The maximum absolute atomic E-state index is 6.03. The van der Waals surface area contributed by atoms with Gasteiger partial charge in [0.1, 0.15) is 0 Å². The molecule has 0 radical (unpaired) electrons. The number of hydrogen-bond acceptors (Lipinski definition) is 4. The average Bonchev–Trinajstić information content (AvgIpc) is 2.99. The second-order valence-corrected chi connectivity index (χ2v) is 7.86. The molecule has 6 heteroatoms. The Bertz CT molecular complexity index is 716. The Hall–Kier alpha value is -1.92. The molecule has 0 saturated carbocycles. The van der Waals surface area contributed by atoms with E-state index in [4.69, 9.17) is 5.73 Å². The molecule has 1 aromatic carbocycles. The molecule has 25 heavy (non-hydrogen) atoms. The highest BCUT2D eigenvalue weighted by Gasteiger charge is 2.19. The second-order valence-electron chi connectivity index (χ2n) is 6.80. The van der Waals surface area contributed by atoms with Crippen LogP contribution in [0.15, 0.2) is 34.6 Å². The monoisotopic (exact) mass is 357 g/mol. The maximum atomic E-state index is 6.03. The van der Waals surface area contributed by atoms with Crippen LogP contribution in [0, 0.1) is 19.8 Å². The molecule has 1 aliphatic heterocycles. The zero-order chi connectivity index (χ0) is 17.6. The predicted molar refractivity (Wildman–Crippen MR) is 106 cm³/mol. The fourth-order valence-electron chi connectivity index (χ4n) is 3.17. The van der Waals surface area contributed by atoms with E-state index in [1.165, 1.54) is 24.1 Å². The molecule has 5 nitrogen and oxygen atoms in total. The fraction of sp³-hybridized carbons (Fsp3) is 0.474. The standard InChI is InChI=1S/C19H27N5S/c1-14-4-3-5-17(10-14)23-19(20)21-11-16-6-8-24(9-7-16)12-18-13-25-15(2)22-18/h3-5,10,13,16H,6-9,11-12H2,1-2H3,(H3,20,21,23). The van der Waals surface area contributed by atoms with Gasteiger partial charge in [0.25, 0.3) is 0 Å². The number of benzene rings is 1. The Labute approximate surface area is 154 Å². The summed E-state index contributed by atoms with van der Waals surface area (Å²) >= 11 is 1.73. The van der Waals surface area contributed by atoms with Crippen molar-refractivity contribution in [1.29, 1.82) is 0 Å². The summed E-state index contributed by atoms with van der Waals surface area (Å²) in [5.74, 6) is 1.12. The number of aliphatic imine (C=N–C) groups is 1. The van der Waals surface area contributed by atoms with Gasteiger partial charge in [0.05, 0.1) is 10.7 Å². The molecular formula is C19H27N5S. The third-order valence-corrected chi connectivity index (χ3v) is 5.39. The lowest BCUT2D eigenvalue weighted by Gasteiger charge is -2.30. The lowest BCUT2D eigenvalue weighted by atomic mass is 9.97. The Morgan fingerprint density at radius 2 is 2.16 bits per heavy atom. The van der Waals surface area contributed by atoms with Crippen molar-refractivity contribution in [2.45, 2.75) is 33.2 Å². The number of nitrogens with one attached hydrogen (secondary N) is 1. The van der Waals surface area contributed by atoms with Crippen LogP contribution < -0.4 is 11.1 Å². The van der Waals surface area contributed by atoms with E-state index in [0.717, 1.165) is 36.9 Å². The van der Waals surface area contributed by atoms with Crippen LogP contribution >= 0.6 is 11.3 Å². The lowest BCUT2D eigenvalue weighted by molar-refractivity contribution is 0.179. The third-order valence-electron chi connectivity index (χ3n) is 4.57. The van der Waals surface area contributed by atoms with E-state index in [2.05, 4.69) is 51.6 Å². The van der Waals surface area contributed by atoms with E-state index >= 15 is 0 Å². The first-order valence-electron chi connectivity index (χ1n) is 8.85. The van der Waals surface area contributed by atoms with Crippen LogP contribution in [0.5, 0.6) is 0 Å². The molecule has 1 aliphatic rings. The number of nitrogens with zero attached hydrogens (tertiary/aromatic N) is 3. The predicted octanol–water partition coefficient (Wildman–Crippen LogP) is 3.40. The van der Waals surface area contributed by atoms with Crippen molar-refractivity contribution in [3.8, 4) is 0 Å². The molecule has 0 amide bonds. The molecule has 3 rings (SSSR count). The number of anilines is 1. The first kappa shape index (κ1) is 17.9. The summed E-state index contributed by atoms with van der Waals surface area (Å²) in [5.41, 5.74) is 9.43. The van der Waals surface area contributed by atoms with Crippen LogP contribution in [0.25, 0.3) is 0 Å². The first-order valence-corrected chi connectivity index (χ1v) is 9.73. The van der Waals surface area contributed by atoms with E-state index < -0.39 is 0 Å². The number of aryl methyl sites for hydroxylation is 2. The van der Waals surface area contributed by atoms with Crippen molar-refractivity contribution < 1.29 is 0 Å². The highest BCUT2D eigenvalue weighted by atomic mass is 32.1. The molecule has 1 fully saturated rings. The summed E-state index contributed by atoms with van der Waals surface area (Å²) in [4.78, 5) is 11.6. The molecule has 0 spiro atoms. The minimum Gasteiger partial charge on any atom is -0.370 e. The number of nitrogens with two attached hydrogens (primary N) is 1.